The van der Waals surface area contributed by atoms with Crippen LogP contribution >= 0.6 is 0 Å². The van der Waals surface area contributed by atoms with Gasteiger partial charge in [-0.05, 0) is 85.2 Å². The number of amides is 1. The molecule has 6 nitrogen and oxygen atoms in total. The van der Waals surface area contributed by atoms with Crippen LogP contribution in [-0.2, 0) is 4.74 Å². The molecule has 4 rings (SSSR count). The van der Waals surface area contributed by atoms with Crippen LogP contribution in [0.3, 0.4) is 0 Å². The molecule has 0 bridgehead atoms. The molecule has 33 heavy (non-hydrogen) atoms. The summed E-state index contributed by atoms with van der Waals surface area (Å²) in [6, 6.07) is 1.23. The maximum Gasteiger partial charge on any atom is 0.410 e. The van der Waals surface area contributed by atoms with E-state index < -0.39 is 17.9 Å². The molecule has 1 N–H and O–H groups in total. The number of carbonyl (C=O) groups is 1. The lowest BCUT2D eigenvalue weighted by atomic mass is 9.99. The summed E-state index contributed by atoms with van der Waals surface area (Å²) in [5.74, 6) is 0. The summed E-state index contributed by atoms with van der Waals surface area (Å²) < 4.78 is 31.4. The molecule has 0 aromatic carbocycles. The molecule has 0 aromatic rings. The fourth-order valence-corrected chi connectivity index (χ4v) is 5.38. The van der Waals surface area contributed by atoms with Gasteiger partial charge in [0, 0.05) is 51.4 Å². The third kappa shape index (κ3) is 8.95. The predicted molar refractivity (Wildman–Crippen MR) is 128 cm³/mol. The van der Waals surface area contributed by atoms with Crippen LogP contribution in [0.1, 0.15) is 72.1 Å². The van der Waals surface area contributed by atoms with Gasteiger partial charge in [-0.2, -0.15) is 0 Å². The van der Waals surface area contributed by atoms with E-state index in [0.717, 1.165) is 84.1 Å². The maximum atomic E-state index is 13.2. The van der Waals surface area contributed by atoms with Crippen LogP contribution in [0.5, 0.6) is 0 Å². The van der Waals surface area contributed by atoms with Gasteiger partial charge < -0.3 is 24.8 Å². The van der Waals surface area contributed by atoms with Crippen LogP contribution in [0.4, 0.5) is 13.6 Å². The predicted octanol–water partition coefficient (Wildman–Crippen LogP) is 3.99. The van der Waals surface area contributed by atoms with Gasteiger partial charge >= 0.3 is 6.09 Å². The zero-order valence-corrected chi connectivity index (χ0v) is 21.0. The third-order valence-electron chi connectivity index (χ3n) is 7.38. The second-order valence-corrected chi connectivity index (χ2v) is 11.1. The van der Waals surface area contributed by atoms with E-state index >= 15 is 0 Å². The van der Waals surface area contributed by atoms with E-state index in [0.29, 0.717) is 18.9 Å². The van der Waals surface area contributed by atoms with Crippen LogP contribution in [-0.4, -0.2) is 103 Å². The first-order valence-electron chi connectivity index (χ1n) is 13.2. The molecule has 4 aliphatic rings. The number of hydrogen-bond acceptors (Lipinski definition) is 5. The Balaban J connectivity index is 0.000000203. The van der Waals surface area contributed by atoms with Gasteiger partial charge in [0.25, 0.3) is 0 Å². The lowest BCUT2D eigenvalue weighted by Gasteiger charge is -2.40. The molecular formula is C25H46F2N4O2. The quantitative estimate of drug-likeness (QED) is 0.659. The number of alkyl halides is 2. The van der Waals surface area contributed by atoms with Crippen molar-refractivity contribution in [1.29, 1.82) is 0 Å². The van der Waals surface area contributed by atoms with Gasteiger partial charge in [-0.3, -0.25) is 0 Å². The van der Waals surface area contributed by atoms with Crippen LogP contribution in [0.15, 0.2) is 0 Å². The molecule has 0 unspecified atom stereocenters. The largest absolute Gasteiger partial charge is 0.444 e. The van der Waals surface area contributed by atoms with Gasteiger partial charge in [0.05, 0.1) is 0 Å². The average Bonchev–Trinajstić information content (AvgIpc) is 2.80. The number of nitrogens with zero attached hydrogens (tertiary/aromatic N) is 3. The summed E-state index contributed by atoms with van der Waals surface area (Å²) in [4.78, 5) is 18.6. The highest BCUT2D eigenvalue weighted by molar-refractivity contribution is 5.68. The van der Waals surface area contributed by atoms with Crippen molar-refractivity contribution in [1.82, 2.24) is 20.0 Å². The molecule has 4 heterocycles. The Labute approximate surface area is 199 Å². The smallest absolute Gasteiger partial charge is 0.410 e. The van der Waals surface area contributed by atoms with Crippen LogP contribution in [0.25, 0.3) is 0 Å². The first-order chi connectivity index (χ1) is 15.7. The van der Waals surface area contributed by atoms with Gasteiger partial charge in [0.2, 0.25) is 0 Å². The number of hydrogen-bond donors (Lipinski definition) is 1. The Hall–Kier alpha value is -0.990. The highest BCUT2D eigenvalue weighted by atomic mass is 19.1. The molecule has 0 aromatic heterocycles. The van der Waals surface area contributed by atoms with Gasteiger partial charge in [-0.25, -0.2) is 13.6 Å². The van der Waals surface area contributed by atoms with Crippen LogP contribution < -0.4 is 5.32 Å². The summed E-state index contributed by atoms with van der Waals surface area (Å²) in [5.41, 5.74) is -0.434. The number of halogens is 2. The monoisotopic (exact) mass is 472 g/mol. The highest BCUT2D eigenvalue weighted by Crippen LogP contribution is 2.23. The molecule has 1 amide bonds. The van der Waals surface area contributed by atoms with Gasteiger partial charge in [0.1, 0.15) is 17.9 Å². The number of piperidine rings is 4. The zero-order valence-electron chi connectivity index (χ0n) is 21.0. The lowest BCUT2D eigenvalue weighted by Crippen LogP contribution is -2.50. The number of rotatable bonds is 2. The van der Waals surface area contributed by atoms with Crippen molar-refractivity contribution in [3.05, 3.63) is 0 Å². The normalized spacial score (nSPS) is 26.0. The van der Waals surface area contributed by atoms with Crippen molar-refractivity contribution >= 4 is 6.09 Å². The van der Waals surface area contributed by atoms with Crippen molar-refractivity contribution in [2.24, 2.45) is 0 Å². The first kappa shape index (κ1) is 26.6. The van der Waals surface area contributed by atoms with E-state index in [4.69, 9.17) is 4.74 Å². The lowest BCUT2D eigenvalue weighted by molar-refractivity contribution is 0.0112. The maximum absolute atomic E-state index is 13.2. The molecule has 192 valence electrons. The van der Waals surface area contributed by atoms with E-state index in [-0.39, 0.29) is 6.09 Å². The molecule has 0 saturated carbocycles. The second kappa shape index (κ2) is 12.6. The Morgan fingerprint density at radius 2 is 1.15 bits per heavy atom. The Bertz CT molecular complexity index is 573. The summed E-state index contributed by atoms with van der Waals surface area (Å²) in [5, 5.41) is 3.36. The van der Waals surface area contributed by atoms with E-state index in [1.165, 1.54) is 12.8 Å². The van der Waals surface area contributed by atoms with E-state index in [9.17, 15) is 13.6 Å². The summed E-state index contributed by atoms with van der Waals surface area (Å²) >= 11 is 0. The van der Waals surface area contributed by atoms with Gasteiger partial charge in [-0.15, -0.1) is 0 Å². The van der Waals surface area contributed by atoms with Gasteiger partial charge in [-0.1, -0.05) is 0 Å². The number of ether oxygens (including phenoxy) is 1. The Morgan fingerprint density at radius 1 is 0.727 bits per heavy atom. The molecule has 0 spiro atoms. The van der Waals surface area contributed by atoms with Crippen molar-refractivity contribution in [3.63, 3.8) is 0 Å². The van der Waals surface area contributed by atoms with Crippen molar-refractivity contribution in [2.45, 2.75) is 102 Å². The molecule has 4 aliphatic heterocycles. The first-order valence-corrected chi connectivity index (χ1v) is 13.2. The summed E-state index contributed by atoms with van der Waals surface area (Å²) in [7, 11) is 0. The van der Waals surface area contributed by atoms with Gasteiger partial charge in [0.15, 0.2) is 0 Å². The number of carbonyl (C=O) groups excluding carboxylic acids is 1. The fraction of sp³-hybridized carbons (Fsp3) is 0.960. The SMILES string of the molecule is CC(C)(C)OC(=O)N1CCC(N2CCC(F)CC2)CC1.FC1CCN(C2CCNCC2)CC1. The zero-order chi connectivity index (χ0) is 23.8. The van der Waals surface area contributed by atoms with E-state index in [1.54, 1.807) is 4.90 Å². The minimum Gasteiger partial charge on any atom is -0.444 e. The van der Waals surface area contributed by atoms with E-state index in [2.05, 4.69) is 15.1 Å². The molecule has 0 atom stereocenters. The van der Waals surface area contributed by atoms with Crippen molar-refractivity contribution in [2.75, 3.05) is 52.4 Å². The molecule has 8 heteroatoms. The number of likely N-dealkylation sites (tertiary alicyclic amines) is 3. The minimum atomic E-state index is -0.617. The average molecular weight is 473 g/mol. The van der Waals surface area contributed by atoms with Crippen molar-refractivity contribution < 1.29 is 18.3 Å². The van der Waals surface area contributed by atoms with Crippen LogP contribution in [0, 0.1) is 0 Å². The summed E-state index contributed by atoms with van der Waals surface area (Å²) in [6.07, 6.45) is 5.90. The fourth-order valence-electron chi connectivity index (χ4n) is 5.38. The topological polar surface area (TPSA) is 48.1 Å². The molecule has 4 saturated heterocycles. The standard InChI is InChI=1S/C15H27FN2O2.C10H19FN2/c1-15(2,3)20-14(19)18-10-6-13(7-11-18)17-8-4-12(16)5-9-17;11-9-3-7-13(8-4-9)10-1-5-12-6-2-10/h12-13H,4-11H2,1-3H3;9-10,12H,1-8H2. The summed E-state index contributed by atoms with van der Waals surface area (Å²) in [6.45, 7) is 13.1. The Kier molecular flexibility index (Phi) is 10.2. The molecule has 0 radical (unpaired) electrons. The highest BCUT2D eigenvalue weighted by Gasteiger charge is 2.31. The van der Waals surface area contributed by atoms with Crippen molar-refractivity contribution in [3.8, 4) is 0 Å². The second-order valence-electron chi connectivity index (χ2n) is 11.1. The van der Waals surface area contributed by atoms with E-state index in [1.807, 2.05) is 20.8 Å². The Morgan fingerprint density at radius 3 is 1.58 bits per heavy atom. The molecule has 0 aliphatic carbocycles. The molecule has 4 fully saturated rings. The minimum absolute atomic E-state index is 0.210. The third-order valence-corrected chi connectivity index (χ3v) is 7.38. The van der Waals surface area contributed by atoms with Crippen LogP contribution in [0.2, 0.25) is 0 Å². The molecular weight excluding hydrogens is 426 g/mol. The number of nitrogens with one attached hydrogen (secondary N) is 1.